The standard InChI is InChI=1S/C11H19NO4/c1-2-16-11(15)7-10(14)12-5-3-9(8-13)4-6-12/h9,13H,2-8H2,1H3. The Labute approximate surface area is 95.4 Å². The average molecular weight is 229 g/mol. The summed E-state index contributed by atoms with van der Waals surface area (Å²) in [4.78, 5) is 24.4. The van der Waals surface area contributed by atoms with E-state index in [0.717, 1.165) is 12.8 Å². The molecule has 0 aromatic rings. The van der Waals surface area contributed by atoms with Crippen LogP contribution in [0.3, 0.4) is 0 Å². The van der Waals surface area contributed by atoms with Gasteiger partial charge in [-0.15, -0.1) is 0 Å². The van der Waals surface area contributed by atoms with Crippen molar-refractivity contribution in [2.75, 3.05) is 26.3 Å². The van der Waals surface area contributed by atoms with Gasteiger partial charge in [0.1, 0.15) is 6.42 Å². The molecule has 0 aromatic heterocycles. The minimum absolute atomic E-state index is 0.169. The summed E-state index contributed by atoms with van der Waals surface area (Å²) in [6.07, 6.45) is 1.45. The highest BCUT2D eigenvalue weighted by atomic mass is 16.5. The van der Waals surface area contributed by atoms with E-state index in [0.29, 0.717) is 25.6 Å². The lowest BCUT2D eigenvalue weighted by Gasteiger charge is -2.30. The number of ether oxygens (including phenoxy) is 1. The summed E-state index contributed by atoms with van der Waals surface area (Å²) in [5.41, 5.74) is 0. The number of hydrogen-bond donors (Lipinski definition) is 1. The molecule has 0 saturated carbocycles. The lowest BCUT2D eigenvalue weighted by Crippen LogP contribution is -2.40. The molecule has 1 N–H and O–H groups in total. The van der Waals surface area contributed by atoms with Crippen molar-refractivity contribution in [3.05, 3.63) is 0 Å². The fourth-order valence-electron chi connectivity index (χ4n) is 1.81. The highest BCUT2D eigenvalue weighted by molar-refractivity contribution is 5.94. The van der Waals surface area contributed by atoms with E-state index >= 15 is 0 Å². The van der Waals surface area contributed by atoms with E-state index in [4.69, 9.17) is 9.84 Å². The number of esters is 1. The Hall–Kier alpha value is -1.10. The van der Waals surface area contributed by atoms with Crippen molar-refractivity contribution < 1.29 is 19.4 Å². The van der Waals surface area contributed by atoms with E-state index in [-0.39, 0.29) is 18.9 Å². The fourth-order valence-corrected chi connectivity index (χ4v) is 1.81. The van der Waals surface area contributed by atoms with Gasteiger partial charge >= 0.3 is 5.97 Å². The van der Waals surface area contributed by atoms with Gasteiger partial charge in [0.25, 0.3) is 0 Å². The number of amides is 1. The molecule has 0 unspecified atom stereocenters. The van der Waals surface area contributed by atoms with Crippen LogP contribution in [0.5, 0.6) is 0 Å². The normalized spacial score (nSPS) is 17.2. The van der Waals surface area contributed by atoms with E-state index in [1.807, 2.05) is 0 Å². The smallest absolute Gasteiger partial charge is 0.315 e. The first kappa shape index (κ1) is 13.0. The minimum atomic E-state index is -0.461. The van der Waals surface area contributed by atoms with Crippen molar-refractivity contribution >= 4 is 11.9 Å². The highest BCUT2D eigenvalue weighted by Crippen LogP contribution is 2.16. The molecule has 1 saturated heterocycles. The number of hydrogen-bond acceptors (Lipinski definition) is 4. The number of aliphatic hydroxyl groups is 1. The summed E-state index contributed by atoms with van der Waals surface area (Å²) in [5.74, 6) is -0.335. The predicted octanol–water partition coefficient (Wildman–Crippen LogP) is 0.171. The van der Waals surface area contributed by atoms with Gasteiger partial charge < -0.3 is 14.7 Å². The van der Waals surface area contributed by atoms with Crippen LogP contribution in [0.1, 0.15) is 26.2 Å². The third-order valence-electron chi connectivity index (χ3n) is 2.83. The van der Waals surface area contributed by atoms with Gasteiger partial charge in [-0.2, -0.15) is 0 Å². The molecule has 0 bridgehead atoms. The Morgan fingerprint density at radius 1 is 1.38 bits per heavy atom. The van der Waals surface area contributed by atoms with Gasteiger partial charge in [0, 0.05) is 19.7 Å². The van der Waals surface area contributed by atoms with E-state index in [9.17, 15) is 9.59 Å². The van der Waals surface area contributed by atoms with Gasteiger partial charge in [-0.05, 0) is 25.7 Å². The number of carbonyl (C=O) groups excluding carboxylic acids is 2. The molecular formula is C11H19NO4. The molecule has 1 fully saturated rings. The summed E-state index contributed by atoms with van der Waals surface area (Å²) in [7, 11) is 0. The molecule has 1 heterocycles. The first-order valence-electron chi connectivity index (χ1n) is 5.71. The van der Waals surface area contributed by atoms with Crippen molar-refractivity contribution in [3.63, 3.8) is 0 Å². The van der Waals surface area contributed by atoms with Crippen LogP contribution in [0.25, 0.3) is 0 Å². The Morgan fingerprint density at radius 2 is 2.00 bits per heavy atom. The van der Waals surface area contributed by atoms with Crippen molar-refractivity contribution in [2.45, 2.75) is 26.2 Å². The fraction of sp³-hybridized carbons (Fsp3) is 0.818. The number of aliphatic hydroxyl groups excluding tert-OH is 1. The summed E-state index contributed by atoms with van der Waals surface area (Å²) in [6.45, 7) is 3.46. The van der Waals surface area contributed by atoms with E-state index in [1.165, 1.54) is 0 Å². The summed E-state index contributed by atoms with van der Waals surface area (Å²) in [5, 5.41) is 8.95. The Morgan fingerprint density at radius 3 is 2.50 bits per heavy atom. The summed E-state index contributed by atoms with van der Waals surface area (Å²) in [6, 6.07) is 0. The van der Waals surface area contributed by atoms with Crippen molar-refractivity contribution in [1.82, 2.24) is 4.90 Å². The van der Waals surface area contributed by atoms with E-state index < -0.39 is 5.97 Å². The predicted molar refractivity (Wildman–Crippen MR) is 57.6 cm³/mol. The molecule has 1 amide bonds. The monoisotopic (exact) mass is 229 g/mol. The second-order valence-electron chi connectivity index (χ2n) is 3.99. The molecule has 5 nitrogen and oxygen atoms in total. The lowest BCUT2D eigenvalue weighted by atomic mass is 9.98. The third-order valence-corrected chi connectivity index (χ3v) is 2.83. The summed E-state index contributed by atoms with van der Waals surface area (Å²) < 4.78 is 4.72. The number of carbonyl (C=O) groups is 2. The van der Waals surface area contributed by atoms with Crippen LogP contribution in [0, 0.1) is 5.92 Å². The molecule has 0 aliphatic carbocycles. The molecule has 16 heavy (non-hydrogen) atoms. The second kappa shape index (κ2) is 6.48. The minimum Gasteiger partial charge on any atom is -0.466 e. The highest BCUT2D eigenvalue weighted by Gasteiger charge is 2.23. The maximum absolute atomic E-state index is 11.6. The van der Waals surface area contributed by atoms with Crippen LogP contribution in [0.2, 0.25) is 0 Å². The van der Waals surface area contributed by atoms with Crippen LogP contribution < -0.4 is 0 Å². The molecule has 0 aromatic carbocycles. The van der Waals surface area contributed by atoms with Gasteiger partial charge in [-0.3, -0.25) is 9.59 Å². The van der Waals surface area contributed by atoms with Crippen LogP contribution in [-0.4, -0.2) is 48.2 Å². The van der Waals surface area contributed by atoms with Crippen molar-refractivity contribution in [2.24, 2.45) is 5.92 Å². The summed E-state index contributed by atoms with van der Waals surface area (Å²) >= 11 is 0. The number of nitrogens with zero attached hydrogens (tertiary/aromatic N) is 1. The molecule has 1 aliphatic heterocycles. The van der Waals surface area contributed by atoms with Crippen molar-refractivity contribution in [1.29, 1.82) is 0 Å². The average Bonchev–Trinajstić information content (AvgIpc) is 2.29. The molecule has 92 valence electrons. The lowest BCUT2D eigenvalue weighted by molar-refractivity contribution is -0.149. The molecule has 5 heteroatoms. The quantitative estimate of drug-likeness (QED) is 0.551. The van der Waals surface area contributed by atoms with Gasteiger partial charge in [0.05, 0.1) is 6.61 Å². The van der Waals surface area contributed by atoms with E-state index in [2.05, 4.69) is 0 Å². The second-order valence-corrected chi connectivity index (χ2v) is 3.99. The van der Waals surface area contributed by atoms with Crippen molar-refractivity contribution in [3.8, 4) is 0 Å². The first-order chi connectivity index (χ1) is 7.67. The maximum Gasteiger partial charge on any atom is 0.315 e. The topological polar surface area (TPSA) is 66.8 Å². The van der Waals surface area contributed by atoms with Gasteiger partial charge in [-0.1, -0.05) is 0 Å². The largest absolute Gasteiger partial charge is 0.466 e. The molecule has 0 spiro atoms. The van der Waals surface area contributed by atoms with Gasteiger partial charge in [0.2, 0.25) is 5.91 Å². The third kappa shape index (κ3) is 3.81. The molecule has 0 atom stereocenters. The zero-order valence-electron chi connectivity index (χ0n) is 9.65. The first-order valence-corrected chi connectivity index (χ1v) is 5.71. The Balaban J connectivity index is 2.30. The number of likely N-dealkylation sites (tertiary alicyclic amines) is 1. The van der Waals surface area contributed by atoms with Crippen LogP contribution >= 0.6 is 0 Å². The van der Waals surface area contributed by atoms with Crippen LogP contribution in [0.4, 0.5) is 0 Å². The molecule has 1 rings (SSSR count). The molecule has 0 radical (unpaired) electrons. The van der Waals surface area contributed by atoms with Crippen LogP contribution in [0.15, 0.2) is 0 Å². The maximum atomic E-state index is 11.6. The molecular weight excluding hydrogens is 210 g/mol. The Bertz CT molecular complexity index is 246. The zero-order valence-corrected chi connectivity index (χ0v) is 9.65. The van der Waals surface area contributed by atoms with Crippen LogP contribution in [-0.2, 0) is 14.3 Å². The van der Waals surface area contributed by atoms with Gasteiger partial charge in [-0.25, -0.2) is 0 Å². The van der Waals surface area contributed by atoms with Gasteiger partial charge in [0.15, 0.2) is 0 Å². The SMILES string of the molecule is CCOC(=O)CC(=O)N1CCC(CO)CC1. The molecule has 1 aliphatic rings. The Kier molecular flexibility index (Phi) is 5.25. The van der Waals surface area contributed by atoms with E-state index in [1.54, 1.807) is 11.8 Å². The number of piperidine rings is 1. The number of rotatable bonds is 4. The zero-order chi connectivity index (χ0) is 12.0.